The molecule has 4 N–H and O–H groups in total. The van der Waals surface area contributed by atoms with E-state index in [9.17, 15) is 4.39 Å². The van der Waals surface area contributed by atoms with Gasteiger partial charge in [-0.1, -0.05) is 22.9 Å². The van der Waals surface area contributed by atoms with Crippen molar-refractivity contribution in [3.63, 3.8) is 0 Å². The van der Waals surface area contributed by atoms with Crippen LogP contribution in [0.2, 0.25) is 0 Å². The van der Waals surface area contributed by atoms with Gasteiger partial charge in [-0.2, -0.15) is 0 Å². The smallest absolute Gasteiger partial charge is 0.148 e. The third-order valence-electron chi connectivity index (χ3n) is 2.62. The summed E-state index contributed by atoms with van der Waals surface area (Å²) in [4.78, 5) is 8.14. The Hall–Kier alpha value is -1.73. The average molecular weight is 326 g/mol. The first-order chi connectivity index (χ1) is 9.15. The molecule has 0 aliphatic carbocycles. The molecule has 2 rings (SSSR count). The Labute approximate surface area is 118 Å². The number of hydrogen-bond donors (Lipinski definition) is 3. The second-order valence-electron chi connectivity index (χ2n) is 3.80. The lowest BCUT2D eigenvalue weighted by Gasteiger charge is -2.13. The molecule has 2 aromatic rings. The highest BCUT2D eigenvalue weighted by molar-refractivity contribution is 9.10. The van der Waals surface area contributed by atoms with E-state index in [0.29, 0.717) is 23.7 Å². The lowest BCUT2D eigenvalue weighted by atomic mass is 10.2. The number of nitrogens with zero attached hydrogens (tertiary/aromatic N) is 2. The Balaban J connectivity index is 2.40. The summed E-state index contributed by atoms with van der Waals surface area (Å²) >= 11 is 3.30. The van der Waals surface area contributed by atoms with E-state index in [4.69, 9.17) is 5.84 Å². The van der Waals surface area contributed by atoms with Gasteiger partial charge in [0.1, 0.15) is 23.8 Å². The Bertz CT molecular complexity index is 590. The molecule has 0 saturated heterocycles. The fraction of sp³-hybridized carbons (Fsp3) is 0.167. The average Bonchev–Trinajstić information content (AvgIpc) is 2.42. The Morgan fingerprint density at radius 1 is 1.32 bits per heavy atom. The fourth-order valence-corrected chi connectivity index (χ4v) is 2.06. The first-order valence-corrected chi connectivity index (χ1v) is 6.47. The molecule has 0 bridgehead atoms. The van der Waals surface area contributed by atoms with Gasteiger partial charge < -0.3 is 10.7 Å². The number of hydrazine groups is 1. The van der Waals surface area contributed by atoms with Crippen molar-refractivity contribution < 1.29 is 4.39 Å². The van der Waals surface area contributed by atoms with Crippen LogP contribution >= 0.6 is 15.9 Å². The predicted octanol–water partition coefficient (Wildman–Crippen LogP) is 2.97. The highest BCUT2D eigenvalue weighted by Crippen LogP contribution is 2.26. The maximum absolute atomic E-state index is 13.7. The van der Waals surface area contributed by atoms with E-state index in [1.807, 2.05) is 6.92 Å². The Morgan fingerprint density at radius 2 is 2.05 bits per heavy atom. The molecule has 0 spiro atoms. The normalized spacial score (nSPS) is 10.3. The minimum absolute atomic E-state index is 0.339. The zero-order valence-electron chi connectivity index (χ0n) is 10.2. The third-order valence-corrected chi connectivity index (χ3v) is 3.11. The van der Waals surface area contributed by atoms with E-state index in [2.05, 4.69) is 36.6 Å². The first-order valence-electron chi connectivity index (χ1n) is 5.68. The van der Waals surface area contributed by atoms with Crippen molar-refractivity contribution in [3.8, 4) is 0 Å². The van der Waals surface area contributed by atoms with Crippen LogP contribution in [-0.2, 0) is 6.42 Å². The van der Waals surface area contributed by atoms with E-state index >= 15 is 0 Å². The SMILES string of the molecule is CCc1c(NN)ncnc1Nc1cc(Br)ccc1F. The van der Waals surface area contributed by atoms with Crippen LogP contribution in [0.15, 0.2) is 29.0 Å². The zero-order chi connectivity index (χ0) is 13.8. The van der Waals surface area contributed by atoms with E-state index in [1.165, 1.54) is 12.4 Å². The largest absolute Gasteiger partial charge is 0.337 e. The summed E-state index contributed by atoms with van der Waals surface area (Å²) in [7, 11) is 0. The monoisotopic (exact) mass is 325 g/mol. The maximum Gasteiger partial charge on any atom is 0.148 e. The fourth-order valence-electron chi connectivity index (χ4n) is 1.70. The Morgan fingerprint density at radius 3 is 2.74 bits per heavy atom. The maximum atomic E-state index is 13.7. The quantitative estimate of drug-likeness (QED) is 0.595. The molecule has 7 heteroatoms. The van der Waals surface area contributed by atoms with Gasteiger partial charge in [-0.3, -0.25) is 0 Å². The highest BCUT2D eigenvalue weighted by atomic mass is 79.9. The summed E-state index contributed by atoms with van der Waals surface area (Å²) in [5.74, 6) is 6.09. The van der Waals surface area contributed by atoms with Crippen molar-refractivity contribution in [1.82, 2.24) is 9.97 Å². The summed E-state index contributed by atoms with van der Waals surface area (Å²) in [6, 6.07) is 4.65. The lowest BCUT2D eigenvalue weighted by molar-refractivity contribution is 0.631. The van der Waals surface area contributed by atoms with E-state index in [0.717, 1.165) is 10.0 Å². The molecule has 0 aliphatic rings. The number of benzene rings is 1. The van der Waals surface area contributed by atoms with Crippen molar-refractivity contribution in [2.75, 3.05) is 10.7 Å². The number of rotatable bonds is 4. The second-order valence-corrected chi connectivity index (χ2v) is 4.71. The second kappa shape index (κ2) is 5.94. The molecule has 0 atom stereocenters. The van der Waals surface area contributed by atoms with Gasteiger partial charge in [-0.25, -0.2) is 20.2 Å². The molecular formula is C12H13BrFN5. The number of nitrogens with two attached hydrogens (primary N) is 1. The van der Waals surface area contributed by atoms with E-state index < -0.39 is 0 Å². The van der Waals surface area contributed by atoms with Gasteiger partial charge >= 0.3 is 0 Å². The van der Waals surface area contributed by atoms with Gasteiger partial charge in [-0.15, -0.1) is 0 Å². The van der Waals surface area contributed by atoms with Gasteiger partial charge in [0.05, 0.1) is 5.69 Å². The minimum atomic E-state index is -0.355. The summed E-state index contributed by atoms with van der Waals surface area (Å²) in [5, 5.41) is 2.96. The molecule has 0 fully saturated rings. The van der Waals surface area contributed by atoms with E-state index in [1.54, 1.807) is 12.1 Å². The molecule has 1 aromatic carbocycles. The number of halogens is 2. The van der Waals surface area contributed by atoms with Crippen molar-refractivity contribution >= 4 is 33.3 Å². The molecule has 100 valence electrons. The van der Waals surface area contributed by atoms with Gasteiger partial charge in [-0.05, 0) is 24.6 Å². The first kappa shape index (κ1) is 13.7. The number of anilines is 3. The summed E-state index contributed by atoms with van der Waals surface area (Å²) in [6.07, 6.45) is 2.03. The third kappa shape index (κ3) is 2.99. The summed E-state index contributed by atoms with van der Waals surface area (Å²) < 4.78 is 14.5. The van der Waals surface area contributed by atoms with Gasteiger partial charge in [0.15, 0.2) is 0 Å². The lowest BCUT2D eigenvalue weighted by Crippen LogP contribution is -2.13. The molecule has 0 saturated carbocycles. The van der Waals surface area contributed by atoms with Crippen LogP contribution in [0.3, 0.4) is 0 Å². The van der Waals surface area contributed by atoms with Crippen LogP contribution in [0.1, 0.15) is 12.5 Å². The molecular weight excluding hydrogens is 313 g/mol. The number of aromatic nitrogens is 2. The zero-order valence-corrected chi connectivity index (χ0v) is 11.8. The van der Waals surface area contributed by atoms with Crippen LogP contribution in [0.25, 0.3) is 0 Å². The van der Waals surface area contributed by atoms with E-state index in [-0.39, 0.29) is 5.82 Å². The Kier molecular flexibility index (Phi) is 4.28. The summed E-state index contributed by atoms with van der Waals surface area (Å²) in [5.41, 5.74) is 3.64. The molecule has 5 nitrogen and oxygen atoms in total. The van der Waals surface area contributed by atoms with Crippen molar-refractivity contribution in [1.29, 1.82) is 0 Å². The van der Waals surface area contributed by atoms with Crippen molar-refractivity contribution in [2.24, 2.45) is 5.84 Å². The number of nitrogens with one attached hydrogen (secondary N) is 2. The van der Waals surface area contributed by atoms with Crippen molar-refractivity contribution in [3.05, 3.63) is 40.4 Å². The predicted molar refractivity (Wildman–Crippen MR) is 76.6 cm³/mol. The minimum Gasteiger partial charge on any atom is -0.337 e. The van der Waals surface area contributed by atoms with Crippen LogP contribution < -0.4 is 16.6 Å². The molecule has 0 radical (unpaired) electrons. The topological polar surface area (TPSA) is 75.9 Å². The molecule has 19 heavy (non-hydrogen) atoms. The van der Waals surface area contributed by atoms with Crippen LogP contribution in [0.4, 0.5) is 21.7 Å². The van der Waals surface area contributed by atoms with Gasteiger partial charge in [0, 0.05) is 10.0 Å². The standard InChI is InChI=1S/C12H13BrFN5/c1-2-8-11(16-6-17-12(8)19-15)18-10-5-7(13)3-4-9(10)14/h3-6H,2,15H2,1H3,(H2,16,17,18,19). The van der Waals surface area contributed by atoms with Crippen LogP contribution in [-0.4, -0.2) is 9.97 Å². The number of nitrogen functional groups attached to an aromatic ring is 1. The molecule has 0 unspecified atom stereocenters. The van der Waals surface area contributed by atoms with Crippen LogP contribution in [0, 0.1) is 5.82 Å². The van der Waals surface area contributed by atoms with Crippen molar-refractivity contribution in [2.45, 2.75) is 13.3 Å². The molecule has 1 aromatic heterocycles. The highest BCUT2D eigenvalue weighted by Gasteiger charge is 2.11. The molecule has 0 amide bonds. The van der Waals surface area contributed by atoms with Gasteiger partial charge in [0.2, 0.25) is 0 Å². The van der Waals surface area contributed by atoms with Crippen LogP contribution in [0.5, 0.6) is 0 Å². The molecule has 1 heterocycles. The number of hydrogen-bond acceptors (Lipinski definition) is 5. The molecule has 0 aliphatic heterocycles. The summed E-state index contributed by atoms with van der Waals surface area (Å²) in [6.45, 7) is 1.95. The van der Waals surface area contributed by atoms with Gasteiger partial charge in [0.25, 0.3) is 0 Å².